The summed E-state index contributed by atoms with van der Waals surface area (Å²) in [5.41, 5.74) is -0.718. The molecule has 1 saturated carbocycles. The van der Waals surface area contributed by atoms with Crippen molar-refractivity contribution in [2.24, 2.45) is 17.8 Å². The van der Waals surface area contributed by atoms with Crippen LogP contribution in [0.25, 0.3) is 0 Å². The van der Waals surface area contributed by atoms with E-state index >= 15 is 0 Å². The van der Waals surface area contributed by atoms with Crippen molar-refractivity contribution in [1.29, 1.82) is 0 Å². The van der Waals surface area contributed by atoms with Crippen molar-refractivity contribution in [3.63, 3.8) is 0 Å². The number of aliphatic hydroxyl groups is 3. The number of allylic oxidation sites excluding steroid dienone is 2. The molecule has 1 saturated heterocycles. The second-order valence-corrected chi connectivity index (χ2v) is 11.3. The summed E-state index contributed by atoms with van der Waals surface area (Å²) >= 11 is 0. The lowest BCUT2D eigenvalue weighted by Gasteiger charge is -2.43. The zero-order valence-corrected chi connectivity index (χ0v) is 20.6. The number of carbonyl (C=O) groups excluding carboxylic acids is 1. The molecule has 3 N–H and O–H groups in total. The second-order valence-electron chi connectivity index (χ2n) is 11.3. The largest absolute Gasteiger partial charge is 0.375 e. The molecule has 1 heterocycles. The van der Waals surface area contributed by atoms with Gasteiger partial charge in [0.1, 0.15) is 0 Å². The van der Waals surface area contributed by atoms with E-state index in [0.29, 0.717) is 30.0 Å². The van der Waals surface area contributed by atoms with Gasteiger partial charge in [0.15, 0.2) is 11.4 Å². The Kier molecular flexibility index (Phi) is 7.34. The standard InChI is InChI=1S/C28H41N2O4/c1-30(2,21-25-14-8-9-17-27(25,32)33)20-22-15-18-29(19-16-22)26(31)28(34,24-12-6-7-13-24)23-10-4-3-5-11-23/h3-5,8-11,14,17,22,24-25,32-34H,6-7,12-13,15-16,18-21H2,1-2H3/q+1. The van der Waals surface area contributed by atoms with E-state index < -0.39 is 11.4 Å². The van der Waals surface area contributed by atoms with Crippen LogP contribution in [0.4, 0.5) is 0 Å². The Bertz CT molecular complexity index is 896. The van der Waals surface area contributed by atoms with Crippen LogP contribution < -0.4 is 0 Å². The lowest BCUT2D eigenvalue weighted by atomic mass is 9.78. The molecule has 3 aliphatic rings. The van der Waals surface area contributed by atoms with Crippen molar-refractivity contribution in [1.82, 2.24) is 4.90 Å². The van der Waals surface area contributed by atoms with Gasteiger partial charge >= 0.3 is 0 Å². The fourth-order valence-electron chi connectivity index (χ4n) is 6.29. The summed E-state index contributed by atoms with van der Waals surface area (Å²) in [6, 6.07) is 9.50. The minimum atomic E-state index is -1.80. The lowest BCUT2D eigenvalue weighted by Crippen LogP contribution is -2.55. The van der Waals surface area contributed by atoms with Crippen molar-refractivity contribution in [3.05, 3.63) is 60.2 Å². The summed E-state index contributed by atoms with van der Waals surface area (Å²) in [7, 11) is 4.27. The number of quaternary nitrogens is 1. The molecular formula is C28H41N2O4+. The number of carbonyl (C=O) groups is 1. The fourth-order valence-corrected chi connectivity index (χ4v) is 6.29. The van der Waals surface area contributed by atoms with Crippen LogP contribution in [0, 0.1) is 17.8 Å². The van der Waals surface area contributed by atoms with Crippen molar-refractivity contribution >= 4 is 5.91 Å². The van der Waals surface area contributed by atoms with Gasteiger partial charge < -0.3 is 24.7 Å². The van der Waals surface area contributed by atoms with Crippen molar-refractivity contribution < 1.29 is 24.6 Å². The van der Waals surface area contributed by atoms with Crippen LogP contribution in [0.5, 0.6) is 0 Å². The molecule has 0 spiro atoms. The average molecular weight is 470 g/mol. The topological polar surface area (TPSA) is 81.0 Å². The van der Waals surface area contributed by atoms with E-state index in [4.69, 9.17) is 0 Å². The van der Waals surface area contributed by atoms with E-state index in [1.165, 1.54) is 6.08 Å². The van der Waals surface area contributed by atoms with Gasteiger partial charge in [-0.1, -0.05) is 61.4 Å². The number of hydrogen-bond acceptors (Lipinski definition) is 4. The molecule has 1 aliphatic heterocycles. The first kappa shape index (κ1) is 25.1. The quantitative estimate of drug-likeness (QED) is 0.424. The van der Waals surface area contributed by atoms with Gasteiger partial charge in [0, 0.05) is 24.9 Å². The monoisotopic (exact) mass is 469 g/mol. The molecule has 6 nitrogen and oxygen atoms in total. The third-order valence-corrected chi connectivity index (χ3v) is 8.17. The van der Waals surface area contributed by atoms with Crippen LogP contribution in [-0.2, 0) is 10.4 Å². The minimum Gasteiger partial charge on any atom is -0.375 e. The van der Waals surface area contributed by atoms with Crippen LogP contribution in [0.3, 0.4) is 0 Å². The molecule has 2 aliphatic carbocycles. The molecule has 1 amide bonds. The SMILES string of the molecule is C[N+](C)(CC1CCN(C(=O)C(O)(c2ccccc2)C2CCCC2)CC1)CC1C=CC=CC1(O)O. The molecular weight excluding hydrogens is 428 g/mol. The number of benzene rings is 1. The van der Waals surface area contributed by atoms with Gasteiger partial charge in [0.05, 0.1) is 33.1 Å². The summed E-state index contributed by atoms with van der Waals surface area (Å²) in [6.07, 6.45) is 12.6. The third kappa shape index (κ3) is 5.30. The number of likely N-dealkylation sites (tertiary alicyclic amines) is 1. The van der Waals surface area contributed by atoms with Gasteiger partial charge in [-0.2, -0.15) is 0 Å². The molecule has 186 valence electrons. The molecule has 0 bridgehead atoms. The number of nitrogens with zero attached hydrogens (tertiary/aromatic N) is 2. The normalized spacial score (nSPS) is 25.4. The number of piperidine rings is 1. The fraction of sp³-hybridized carbons (Fsp3) is 0.607. The van der Waals surface area contributed by atoms with Crippen molar-refractivity contribution in [2.75, 3.05) is 40.3 Å². The Balaban J connectivity index is 1.38. The molecule has 1 aromatic rings. The first-order valence-corrected chi connectivity index (χ1v) is 12.8. The predicted molar refractivity (Wildman–Crippen MR) is 132 cm³/mol. The summed E-state index contributed by atoms with van der Waals surface area (Å²) in [4.78, 5) is 15.6. The van der Waals surface area contributed by atoms with E-state index in [2.05, 4.69) is 14.1 Å². The highest BCUT2D eigenvalue weighted by molar-refractivity contribution is 5.87. The van der Waals surface area contributed by atoms with Gasteiger partial charge in [-0.3, -0.25) is 4.79 Å². The Morgan fingerprint density at radius 1 is 1.03 bits per heavy atom. The predicted octanol–water partition coefficient (Wildman–Crippen LogP) is 2.80. The summed E-state index contributed by atoms with van der Waals surface area (Å²) in [5, 5.41) is 32.4. The molecule has 2 unspecified atom stereocenters. The molecule has 0 aromatic heterocycles. The van der Waals surface area contributed by atoms with Crippen molar-refractivity contribution in [3.8, 4) is 0 Å². The highest BCUT2D eigenvalue weighted by Crippen LogP contribution is 2.42. The number of hydrogen-bond donors (Lipinski definition) is 3. The Morgan fingerprint density at radius 2 is 1.68 bits per heavy atom. The summed E-state index contributed by atoms with van der Waals surface area (Å²) in [5.74, 6) is -1.86. The molecule has 0 radical (unpaired) electrons. The van der Waals surface area contributed by atoms with Crippen LogP contribution in [0.15, 0.2) is 54.6 Å². The third-order valence-electron chi connectivity index (χ3n) is 8.17. The number of amides is 1. The first-order valence-electron chi connectivity index (χ1n) is 12.8. The summed E-state index contributed by atoms with van der Waals surface area (Å²) < 4.78 is 0.681. The maximum Gasteiger partial charge on any atom is 0.259 e. The molecule has 2 fully saturated rings. The van der Waals surface area contributed by atoms with Crippen molar-refractivity contribution in [2.45, 2.75) is 49.9 Å². The van der Waals surface area contributed by atoms with E-state index in [9.17, 15) is 20.1 Å². The smallest absolute Gasteiger partial charge is 0.259 e. The van der Waals surface area contributed by atoms with Crippen LogP contribution >= 0.6 is 0 Å². The Hall–Kier alpha value is -1.99. The molecule has 1 aromatic carbocycles. The van der Waals surface area contributed by atoms with Gasteiger partial charge in [-0.05, 0) is 37.3 Å². The second kappa shape index (κ2) is 9.94. The molecule has 4 rings (SSSR count). The van der Waals surface area contributed by atoms with Crippen LogP contribution in [-0.4, -0.2) is 76.7 Å². The average Bonchev–Trinajstić information content (AvgIpc) is 3.36. The molecule has 6 heteroatoms. The van der Waals surface area contributed by atoms with Crippen LogP contribution in [0.2, 0.25) is 0 Å². The van der Waals surface area contributed by atoms with Crippen LogP contribution in [0.1, 0.15) is 44.1 Å². The van der Waals surface area contributed by atoms with Gasteiger partial charge in [-0.15, -0.1) is 0 Å². The van der Waals surface area contributed by atoms with Gasteiger partial charge in [-0.25, -0.2) is 0 Å². The summed E-state index contributed by atoms with van der Waals surface area (Å²) in [6.45, 7) is 2.85. The first-order chi connectivity index (χ1) is 16.1. The zero-order chi connectivity index (χ0) is 24.4. The lowest BCUT2D eigenvalue weighted by molar-refractivity contribution is -0.897. The Morgan fingerprint density at radius 3 is 2.29 bits per heavy atom. The highest BCUT2D eigenvalue weighted by Gasteiger charge is 2.49. The molecule has 2 atom stereocenters. The van der Waals surface area contributed by atoms with Gasteiger partial charge in [0.25, 0.3) is 5.91 Å². The van der Waals surface area contributed by atoms with Gasteiger partial charge in [0.2, 0.25) is 0 Å². The zero-order valence-electron chi connectivity index (χ0n) is 20.6. The maximum absolute atomic E-state index is 13.7. The van der Waals surface area contributed by atoms with E-state index in [-0.39, 0.29) is 17.7 Å². The molecule has 34 heavy (non-hydrogen) atoms. The Labute approximate surface area is 203 Å². The van der Waals surface area contributed by atoms with E-state index in [1.807, 2.05) is 47.4 Å². The maximum atomic E-state index is 13.7. The minimum absolute atomic E-state index is 0.0226. The highest BCUT2D eigenvalue weighted by atomic mass is 16.5. The van der Waals surface area contributed by atoms with E-state index in [0.717, 1.165) is 50.6 Å². The number of rotatable bonds is 7. The van der Waals surface area contributed by atoms with E-state index in [1.54, 1.807) is 6.08 Å².